The largest absolute Gasteiger partial charge is 0.337 e. The van der Waals surface area contributed by atoms with Gasteiger partial charge >= 0.3 is 5.69 Å². The smallest absolute Gasteiger partial charge is 0.320 e. The molecule has 0 radical (unpaired) electrons. The van der Waals surface area contributed by atoms with E-state index in [1.54, 1.807) is 23.0 Å². The Morgan fingerprint density at radius 3 is 2.19 bits per heavy atom. The molecule has 0 bridgehead atoms. The third-order valence-corrected chi connectivity index (χ3v) is 5.53. The number of benzene rings is 2. The minimum absolute atomic E-state index is 0.114. The van der Waals surface area contributed by atoms with Crippen LogP contribution in [0.25, 0.3) is 16.9 Å². The van der Waals surface area contributed by atoms with Gasteiger partial charge in [0, 0.05) is 13.1 Å². The van der Waals surface area contributed by atoms with Crippen LogP contribution >= 0.6 is 0 Å². The molecule has 0 spiro atoms. The average Bonchev–Trinajstić information content (AvgIpc) is 3.16. The zero-order chi connectivity index (χ0) is 23.0. The quantitative estimate of drug-likeness (QED) is 0.454. The Morgan fingerprint density at radius 2 is 1.59 bits per heavy atom. The Bertz CT molecular complexity index is 1360. The van der Waals surface area contributed by atoms with E-state index in [0.29, 0.717) is 35.9 Å². The second kappa shape index (κ2) is 8.57. The van der Waals surface area contributed by atoms with E-state index in [-0.39, 0.29) is 17.3 Å². The third kappa shape index (κ3) is 4.02. The van der Waals surface area contributed by atoms with Gasteiger partial charge in [-0.3, -0.25) is 9.36 Å². The molecule has 0 aliphatic heterocycles. The van der Waals surface area contributed by atoms with Gasteiger partial charge in [-0.05, 0) is 47.2 Å². The van der Waals surface area contributed by atoms with Gasteiger partial charge in [-0.2, -0.15) is 0 Å². The predicted molar refractivity (Wildman–Crippen MR) is 124 cm³/mol. The molecule has 0 aliphatic rings. The normalized spacial score (nSPS) is 11.7. The zero-order valence-corrected chi connectivity index (χ0v) is 18.7. The first-order valence-corrected chi connectivity index (χ1v) is 10.8. The molecule has 6 nitrogen and oxygen atoms in total. The van der Waals surface area contributed by atoms with E-state index in [4.69, 9.17) is 0 Å². The van der Waals surface area contributed by atoms with Gasteiger partial charge in [-0.15, -0.1) is 0 Å². The predicted octanol–water partition coefficient (Wildman–Crippen LogP) is 4.32. The van der Waals surface area contributed by atoms with E-state index >= 15 is 0 Å². The van der Waals surface area contributed by atoms with Gasteiger partial charge < -0.3 is 4.57 Å². The summed E-state index contributed by atoms with van der Waals surface area (Å²) in [5.74, 6) is 0.163. The molecule has 0 N–H and O–H groups in total. The van der Waals surface area contributed by atoms with E-state index in [9.17, 15) is 14.0 Å². The van der Waals surface area contributed by atoms with E-state index in [0.717, 1.165) is 11.1 Å². The van der Waals surface area contributed by atoms with E-state index in [2.05, 4.69) is 18.8 Å². The lowest BCUT2D eigenvalue weighted by Gasteiger charge is -2.15. The SMILES string of the molecule is CC(C)Cn1c(=O)c2c(ncn2Cc2ccc(F)cc2)n(-c2ccc(C(C)C)cc2)c1=O. The Labute approximate surface area is 185 Å². The molecule has 0 fully saturated rings. The fraction of sp³-hybridized carbons (Fsp3) is 0.320. The molecule has 7 heteroatoms. The summed E-state index contributed by atoms with van der Waals surface area (Å²) in [7, 11) is 0. The highest BCUT2D eigenvalue weighted by atomic mass is 19.1. The van der Waals surface area contributed by atoms with Crippen molar-refractivity contribution >= 4 is 11.2 Å². The molecule has 0 aliphatic carbocycles. The van der Waals surface area contributed by atoms with Crippen molar-refractivity contribution in [3.8, 4) is 5.69 Å². The Kier molecular flexibility index (Phi) is 5.82. The van der Waals surface area contributed by atoms with Gasteiger partial charge in [0.2, 0.25) is 0 Å². The number of halogens is 1. The molecular formula is C25H27FN4O2. The topological polar surface area (TPSA) is 61.8 Å². The fourth-order valence-corrected chi connectivity index (χ4v) is 3.85. The first kappa shape index (κ1) is 21.7. The maximum Gasteiger partial charge on any atom is 0.337 e. The number of hydrogen-bond donors (Lipinski definition) is 0. The summed E-state index contributed by atoms with van der Waals surface area (Å²) in [5, 5.41) is 0. The van der Waals surface area contributed by atoms with Crippen LogP contribution in [0.4, 0.5) is 4.39 Å². The number of imidazole rings is 1. The standard InChI is InChI=1S/C25H27FN4O2/c1-16(2)13-29-24(31)22-23(27-15-28(22)14-18-5-9-20(26)10-6-18)30(25(29)32)21-11-7-19(8-12-21)17(3)4/h5-12,15-17H,13-14H2,1-4H3. The van der Waals surface area contributed by atoms with E-state index < -0.39 is 5.69 Å². The number of hydrogen-bond acceptors (Lipinski definition) is 3. The van der Waals surface area contributed by atoms with Crippen LogP contribution in [0.5, 0.6) is 0 Å². The zero-order valence-electron chi connectivity index (χ0n) is 18.7. The van der Waals surface area contributed by atoms with Crippen molar-refractivity contribution in [2.45, 2.75) is 46.7 Å². The summed E-state index contributed by atoms with van der Waals surface area (Å²) in [6.45, 7) is 8.80. The molecule has 2 aromatic heterocycles. The molecule has 0 amide bonds. The summed E-state index contributed by atoms with van der Waals surface area (Å²) >= 11 is 0. The molecule has 32 heavy (non-hydrogen) atoms. The van der Waals surface area contributed by atoms with E-state index in [1.165, 1.54) is 21.3 Å². The Balaban J connectivity index is 1.94. The van der Waals surface area contributed by atoms with Gasteiger partial charge in [-0.25, -0.2) is 18.7 Å². The molecule has 0 unspecified atom stereocenters. The summed E-state index contributed by atoms with van der Waals surface area (Å²) in [6, 6.07) is 13.9. The highest BCUT2D eigenvalue weighted by Gasteiger charge is 2.20. The average molecular weight is 435 g/mol. The molecule has 4 rings (SSSR count). The molecule has 2 aromatic carbocycles. The summed E-state index contributed by atoms with van der Waals surface area (Å²) in [4.78, 5) is 31.2. The van der Waals surface area contributed by atoms with Gasteiger partial charge in [0.05, 0.1) is 12.0 Å². The van der Waals surface area contributed by atoms with Crippen molar-refractivity contribution in [2.24, 2.45) is 5.92 Å². The lowest BCUT2D eigenvalue weighted by atomic mass is 10.0. The van der Waals surface area contributed by atoms with Crippen molar-refractivity contribution in [3.05, 3.63) is 92.6 Å². The van der Waals surface area contributed by atoms with Crippen molar-refractivity contribution < 1.29 is 4.39 Å². The highest BCUT2D eigenvalue weighted by molar-refractivity contribution is 5.72. The van der Waals surface area contributed by atoms with Gasteiger partial charge in [0.15, 0.2) is 11.2 Å². The van der Waals surface area contributed by atoms with Crippen molar-refractivity contribution in [1.82, 2.24) is 18.7 Å². The van der Waals surface area contributed by atoms with E-state index in [1.807, 2.05) is 38.1 Å². The molecule has 0 atom stereocenters. The second-order valence-corrected chi connectivity index (χ2v) is 8.84. The number of fused-ring (bicyclic) bond motifs is 1. The van der Waals surface area contributed by atoms with Crippen LogP contribution in [-0.4, -0.2) is 18.7 Å². The van der Waals surface area contributed by atoms with Crippen LogP contribution in [0.1, 0.15) is 44.7 Å². The Morgan fingerprint density at radius 1 is 0.938 bits per heavy atom. The lowest BCUT2D eigenvalue weighted by molar-refractivity contribution is 0.489. The summed E-state index contributed by atoms with van der Waals surface area (Å²) < 4.78 is 17.8. The monoisotopic (exact) mass is 434 g/mol. The molecule has 166 valence electrons. The van der Waals surface area contributed by atoms with Gasteiger partial charge in [-0.1, -0.05) is 52.0 Å². The van der Waals surface area contributed by atoms with Crippen molar-refractivity contribution in [1.29, 1.82) is 0 Å². The molecule has 0 saturated carbocycles. The van der Waals surface area contributed by atoms with Gasteiger partial charge in [0.1, 0.15) is 5.82 Å². The molecular weight excluding hydrogens is 407 g/mol. The molecule has 2 heterocycles. The fourth-order valence-electron chi connectivity index (χ4n) is 3.85. The lowest BCUT2D eigenvalue weighted by Crippen LogP contribution is -2.41. The summed E-state index contributed by atoms with van der Waals surface area (Å²) in [5.41, 5.74) is 2.56. The first-order valence-electron chi connectivity index (χ1n) is 10.8. The van der Waals surface area contributed by atoms with Crippen LogP contribution in [-0.2, 0) is 13.1 Å². The minimum Gasteiger partial charge on any atom is -0.320 e. The minimum atomic E-state index is -0.402. The highest BCUT2D eigenvalue weighted by Crippen LogP contribution is 2.19. The first-order chi connectivity index (χ1) is 15.3. The number of nitrogens with zero attached hydrogens (tertiary/aromatic N) is 4. The van der Waals surface area contributed by atoms with Gasteiger partial charge in [0.25, 0.3) is 5.56 Å². The maximum atomic E-state index is 13.4. The number of aromatic nitrogens is 4. The van der Waals surface area contributed by atoms with Crippen LogP contribution in [0.2, 0.25) is 0 Å². The van der Waals surface area contributed by atoms with Crippen LogP contribution in [0.3, 0.4) is 0 Å². The molecule has 0 saturated heterocycles. The van der Waals surface area contributed by atoms with Crippen molar-refractivity contribution in [2.75, 3.05) is 0 Å². The summed E-state index contributed by atoms with van der Waals surface area (Å²) in [6.07, 6.45) is 1.56. The van der Waals surface area contributed by atoms with Crippen LogP contribution < -0.4 is 11.2 Å². The number of rotatable bonds is 6. The molecule has 4 aromatic rings. The third-order valence-electron chi connectivity index (χ3n) is 5.53. The Hall–Kier alpha value is -3.48. The maximum absolute atomic E-state index is 13.4. The second-order valence-electron chi connectivity index (χ2n) is 8.84. The van der Waals surface area contributed by atoms with Crippen LogP contribution in [0.15, 0.2) is 64.4 Å². The van der Waals surface area contributed by atoms with Crippen molar-refractivity contribution in [3.63, 3.8) is 0 Å². The van der Waals surface area contributed by atoms with Crippen LogP contribution in [0, 0.1) is 11.7 Å².